The van der Waals surface area contributed by atoms with Crippen LogP contribution in [0.1, 0.15) is 31.9 Å². The van der Waals surface area contributed by atoms with Gasteiger partial charge >= 0.3 is 0 Å². The third-order valence-electron chi connectivity index (χ3n) is 4.65. The van der Waals surface area contributed by atoms with Crippen molar-refractivity contribution in [1.82, 2.24) is 10.6 Å². The summed E-state index contributed by atoms with van der Waals surface area (Å²) >= 11 is 0. The molecule has 0 spiro atoms. The van der Waals surface area contributed by atoms with Crippen molar-refractivity contribution in [1.29, 1.82) is 0 Å². The number of carbonyl (C=O) groups is 1. The molecule has 160 valence electrons. The van der Waals surface area contributed by atoms with Crippen LogP contribution in [0.5, 0.6) is 11.5 Å². The molecule has 1 aliphatic heterocycles. The van der Waals surface area contributed by atoms with Crippen molar-refractivity contribution in [2.75, 3.05) is 25.2 Å². The molecule has 7 heteroatoms. The number of rotatable bonds is 8. The summed E-state index contributed by atoms with van der Waals surface area (Å²) in [6, 6.07) is 13.8. The fourth-order valence-electron chi connectivity index (χ4n) is 2.91. The summed E-state index contributed by atoms with van der Waals surface area (Å²) < 4.78 is 10.8. The lowest BCUT2D eigenvalue weighted by atomic mass is 10.1. The van der Waals surface area contributed by atoms with Crippen molar-refractivity contribution >= 4 is 17.6 Å². The number of fused-ring (bicyclic) bond motifs is 1. The SMILES string of the molecule is CCNC(=NCc1ccc(NC(=O)C(C)C)cc1)NCCc1ccc2c(c1)OCO2. The third kappa shape index (κ3) is 6.14. The van der Waals surface area contributed by atoms with Gasteiger partial charge in [-0.3, -0.25) is 4.79 Å². The zero-order valence-corrected chi connectivity index (χ0v) is 17.8. The molecule has 3 rings (SSSR count). The normalized spacial score (nSPS) is 12.7. The van der Waals surface area contributed by atoms with Crippen LogP contribution in [-0.4, -0.2) is 31.7 Å². The van der Waals surface area contributed by atoms with Gasteiger partial charge < -0.3 is 25.4 Å². The molecule has 1 amide bonds. The van der Waals surface area contributed by atoms with Crippen LogP contribution in [0.2, 0.25) is 0 Å². The molecule has 0 aromatic heterocycles. The molecule has 0 bridgehead atoms. The Morgan fingerprint density at radius 3 is 2.50 bits per heavy atom. The molecule has 2 aromatic carbocycles. The maximum absolute atomic E-state index is 11.8. The molecule has 0 radical (unpaired) electrons. The van der Waals surface area contributed by atoms with Crippen LogP contribution >= 0.6 is 0 Å². The highest BCUT2D eigenvalue weighted by atomic mass is 16.7. The smallest absolute Gasteiger partial charge is 0.231 e. The maximum Gasteiger partial charge on any atom is 0.231 e. The molecule has 0 fully saturated rings. The molecule has 0 atom stereocenters. The molecule has 1 heterocycles. The number of guanidine groups is 1. The van der Waals surface area contributed by atoms with Gasteiger partial charge in [0, 0.05) is 24.7 Å². The lowest BCUT2D eigenvalue weighted by molar-refractivity contribution is -0.118. The van der Waals surface area contributed by atoms with Crippen LogP contribution in [0.25, 0.3) is 0 Å². The Morgan fingerprint density at radius 1 is 1.03 bits per heavy atom. The summed E-state index contributed by atoms with van der Waals surface area (Å²) in [5.74, 6) is 2.36. The predicted octanol–water partition coefficient (Wildman–Crippen LogP) is 3.31. The number of nitrogens with zero attached hydrogens (tertiary/aromatic N) is 1. The molecule has 0 aliphatic carbocycles. The van der Waals surface area contributed by atoms with Gasteiger partial charge in [0.15, 0.2) is 17.5 Å². The van der Waals surface area contributed by atoms with E-state index in [1.165, 1.54) is 5.56 Å². The molecule has 0 saturated carbocycles. The van der Waals surface area contributed by atoms with Gasteiger partial charge in [0.25, 0.3) is 0 Å². The van der Waals surface area contributed by atoms with E-state index in [1.807, 2.05) is 57.2 Å². The standard InChI is InChI=1S/C23H30N4O3/c1-4-24-23(25-12-11-17-7-10-20-21(13-17)30-15-29-20)26-14-18-5-8-19(9-6-18)27-22(28)16(2)3/h5-10,13,16H,4,11-12,14-15H2,1-3H3,(H,27,28)(H2,24,25,26). The van der Waals surface area contributed by atoms with Crippen LogP contribution in [0, 0.1) is 5.92 Å². The van der Waals surface area contributed by atoms with Crippen molar-refractivity contribution in [2.45, 2.75) is 33.7 Å². The number of benzene rings is 2. The van der Waals surface area contributed by atoms with E-state index in [0.717, 1.165) is 48.2 Å². The van der Waals surface area contributed by atoms with E-state index in [-0.39, 0.29) is 11.8 Å². The Kier molecular flexibility index (Phi) is 7.54. The topological polar surface area (TPSA) is 84.0 Å². The first kappa shape index (κ1) is 21.5. The average Bonchev–Trinajstić information content (AvgIpc) is 3.21. The van der Waals surface area contributed by atoms with E-state index in [2.05, 4.69) is 27.0 Å². The zero-order chi connectivity index (χ0) is 21.3. The minimum Gasteiger partial charge on any atom is -0.454 e. The van der Waals surface area contributed by atoms with Crippen molar-refractivity contribution < 1.29 is 14.3 Å². The van der Waals surface area contributed by atoms with Crippen LogP contribution < -0.4 is 25.4 Å². The van der Waals surface area contributed by atoms with Gasteiger partial charge in [0.05, 0.1) is 6.54 Å². The Balaban J connectivity index is 1.50. The first-order valence-corrected chi connectivity index (χ1v) is 10.4. The minimum absolute atomic E-state index is 0.0156. The van der Waals surface area contributed by atoms with Crippen molar-refractivity contribution in [3.63, 3.8) is 0 Å². The van der Waals surface area contributed by atoms with E-state index >= 15 is 0 Å². The summed E-state index contributed by atoms with van der Waals surface area (Å²) in [5.41, 5.74) is 3.06. The minimum atomic E-state index is -0.0410. The molecule has 1 aliphatic rings. The van der Waals surface area contributed by atoms with Crippen LogP contribution in [0.3, 0.4) is 0 Å². The van der Waals surface area contributed by atoms with Crippen molar-refractivity contribution in [2.24, 2.45) is 10.9 Å². The number of anilines is 1. The molecule has 0 saturated heterocycles. The van der Waals surface area contributed by atoms with E-state index in [1.54, 1.807) is 0 Å². The average molecular weight is 411 g/mol. The van der Waals surface area contributed by atoms with Crippen molar-refractivity contribution in [3.05, 3.63) is 53.6 Å². The lowest BCUT2D eigenvalue weighted by Gasteiger charge is -2.12. The van der Waals surface area contributed by atoms with Crippen LogP contribution in [-0.2, 0) is 17.8 Å². The number of carbonyl (C=O) groups excluding carboxylic acids is 1. The lowest BCUT2D eigenvalue weighted by Crippen LogP contribution is -2.38. The predicted molar refractivity (Wildman–Crippen MR) is 119 cm³/mol. The largest absolute Gasteiger partial charge is 0.454 e. The highest BCUT2D eigenvalue weighted by Gasteiger charge is 2.13. The highest BCUT2D eigenvalue weighted by Crippen LogP contribution is 2.32. The summed E-state index contributed by atoms with van der Waals surface area (Å²) in [6.45, 7) is 8.18. The van der Waals surface area contributed by atoms with Gasteiger partial charge in [0.2, 0.25) is 12.7 Å². The summed E-state index contributed by atoms with van der Waals surface area (Å²) in [7, 11) is 0. The van der Waals surface area contributed by atoms with E-state index < -0.39 is 0 Å². The quantitative estimate of drug-likeness (QED) is 0.459. The number of hydrogen-bond acceptors (Lipinski definition) is 4. The second-order valence-corrected chi connectivity index (χ2v) is 7.40. The number of hydrogen-bond donors (Lipinski definition) is 3. The Morgan fingerprint density at radius 2 is 1.77 bits per heavy atom. The third-order valence-corrected chi connectivity index (χ3v) is 4.65. The molecule has 2 aromatic rings. The summed E-state index contributed by atoms with van der Waals surface area (Å²) in [5, 5.41) is 9.53. The second kappa shape index (κ2) is 10.5. The maximum atomic E-state index is 11.8. The summed E-state index contributed by atoms with van der Waals surface area (Å²) in [4.78, 5) is 16.4. The van der Waals surface area contributed by atoms with Gasteiger partial charge in [-0.25, -0.2) is 4.99 Å². The van der Waals surface area contributed by atoms with Gasteiger partial charge in [-0.15, -0.1) is 0 Å². The molecule has 3 N–H and O–H groups in total. The van der Waals surface area contributed by atoms with Crippen LogP contribution in [0.4, 0.5) is 5.69 Å². The van der Waals surface area contributed by atoms with E-state index in [9.17, 15) is 4.79 Å². The first-order valence-electron chi connectivity index (χ1n) is 10.4. The Hall–Kier alpha value is -3.22. The van der Waals surface area contributed by atoms with Gasteiger partial charge in [-0.1, -0.05) is 32.0 Å². The van der Waals surface area contributed by atoms with Crippen molar-refractivity contribution in [3.8, 4) is 11.5 Å². The molecular formula is C23H30N4O3. The molecule has 30 heavy (non-hydrogen) atoms. The van der Waals surface area contributed by atoms with E-state index in [0.29, 0.717) is 13.3 Å². The molecule has 0 unspecified atom stereocenters. The van der Waals surface area contributed by atoms with Gasteiger partial charge in [0.1, 0.15) is 0 Å². The summed E-state index contributed by atoms with van der Waals surface area (Å²) in [6.07, 6.45) is 0.852. The van der Waals surface area contributed by atoms with Gasteiger partial charge in [-0.05, 0) is 48.7 Å². The fraction of sp³-hybridized carbons (Fsp3) is 0.391. The zero-order valence-electron chi connectivity index (χ0n) is 17.8. The number of amides is 1. The van der Waals surface area contributed by atoms with Crippen LogP contribution in [0.15, 0.2) is 47.5 Å². The molecule has 7 nitrogen and oxygen atoms in total. The van der Waals surface area contributed by atoms with E-state index in [4.69, 9.17) is 9.47 Å². The second-order valence-electron chi connectivity index (χ2n) is 7.40. The highest BCUT2D eigenvalue weighted by molar-refractivity contribution is 5.92. The van der Waals surface area contributed by atoms with Gasteiger partial charge in [-0.2, -0.15) is 0 Å². The first-order chi connectivity index (χ1) is 14.5. The molecular weight excluding hydrogens is 380 g/mol. The number of ether oxygens (including phenoxy) is 2. The fourth-order valence-corrected chi connectivity index (χ4v) is 2.91. The number of nitrogens with one attached hydrogen (secondary N) is 3. The number of aliphatic imine (C=N–C) groups is 1. The Labute approximate surface area is 177 Å². The Bertz CT molecular complexity index is 879. The monoisotopic (exact) mass is 410 g/mol.